The molecule has 6 heteroatoms. The van der Waals surface area contributed by atoms with Crippen molar-refractivity contribution in [2.45, 2.75) is 13.5 Å². The van der Waals surface area contributed by atoms with Crippen LogP contribution in [0.5, 0.6) is 0 Å². The molecule has 1 aromatic rings. The quantitative estimate of drug-likeness (QED) is 0.747. The van der Waals surface area contributed by atoms with Crippen molar-refractivity contribution in [2.75, 3.05) is 0 Å². The number of hydrogen-bond donors (Lipinski definition) is 1. The average Bonchev–Trinajstić information content (AvgIpc) is 2.58. The molecule has 0 saturated heterocycles. The summed E-state index contributed by atoms with van der Waals surface area (Å²) in [5, 5.41) is 7.09. The first-order chi connectivity index (χ1) is 8.58. The second-order valence-electron chi connectivity index (χ2n) is 3.81. The van der Waals surface area contributed by atoms with Gasteiger partial charge in [0.05, 0.1) is 6.54 Å². The molecule has 1 heterocycles. The third-order valence-electron chi connectivity index (χ3n) is 2.33. The zero-order valence-electron chi connectivity index (χ0n) is 9.71. The fourth-order valence-electron chi connectivity index (χ4n) is 1.54. The third-order valence-corrected chi connectivity index (χ3v) is 2.33. The lowest BCUT2D eigenvalue weighted by molar-refractivity contribution is -0.140. The first kappa shape index (κ1) is 12.0. The zero-order chi connectivity index (χ0) is 13.1. The Morgan fingerprint density at radius 2 is 1.94 bits per heavy atom. The van der Waals surface area contributed by atoms with Crippen molar-refractivity contribution >= 4 is 23.4 Å². The molecule has 0 atom stereocenters. The van der Waals surface area contributed by atoms with Crippen molar-refractivity contribution in [1.29, 1.82) is 0 Å². The van der Waals surface area contributed by atoms with Gasteiger partial charge in [-0.15, -0.1) is 5.10 Å². The summed E-state index contributed by atoms with van der Waals surface area (Å²) in [6.07, 6.45) is 0. The van der Waals surface area contributed by atoms with E-state index in [0.717, 1.165) is 10.6 Å². The van der Waals surface area contributed by atoms with E-state index in [2.05, 4.69) is 10.4 Å². The van der Waals surface area contributed by atoms with E-state index in [1.165, 1.54) is 6.92 Å². The summed E-state index contributed by atoms with van der Waals surface area (Å²) in [4.78, 5) is 34.0. The van der Waals surface area contributed by atoms with Crippen LogP contribution in [0.2, 0.25) is 0 Å². The van der Waals surface area contributed by atoms with E-state index < -0.39 is 17.6 Å². The number of amidine groups is 1. The summed E-state index contributed by atoms with van der Waals surface area (Å²) in [6.45, 7) is 1.45. The summed E-state index contributed by atoms with van der Waals surface area (Å²) < 4.78 is 0. The molecule has 2 rings (SSSR count). The van der Waals surface area contributed by atoms with Gasteiger partial charge in [-0.25, -0.2) is 5.01 Å². The number of nitrogens with one attached hydrogen (secondary N) is 1. The molecule has 1 aliphatic rings. The molecule has 0 radical (unpaired) electrons. The van der Waals surface area contributed by atoms with Crippen molar-refractivity contribution in [2.24, 2.45) is 5.10 Å². The Kier molecular flexibility index (Phi) is 3.18. The van der Waals surface area contributed by atoms with Gasteiger partial charge in [0.2, 0.25) is 11.7 Å². The number of benzene rings is 1. The first-order valence-electron chi connectivity index (χ1n) is 5.34. The van der Waals surface area contributed by atoms with E-state index in [0.29, 0.717) is 0 Å². The molecule has 18 heavy (non-hydrogen) atoms. The molecule has 6 nitrogen and oxygen atoms in total. The van der Waals surface area contributed by atoms with Gasteiger partial charge in [-0.1, -0.05) is 30.3 Å². The lowest BCUT2D eigenvalue weighted by Gasteiger charge is -2.09. The number of carbonyl (C=O) groups is 3. The van der Waals surface area contributed by atoms with E-state index in [4.69, 9.17) is 0 Å². The van der Waals surface area contributed by atoms with Crippen LogP contribution in [0.4, 0.5) is 0 Å². The molecule has 0 saturated carbocycles. The van der Waals surface area contributed by atoms with Gasteiger partial charge in [0.1, 0.15) is 0 Å². The first-order valence-corrected chi connectivity index (χ1v) is 5.34. The van der Waals surface area contributed by atoms with E-state index in [1.54, 1.807) is 0 Å². The van der Waals surface area contributed by atoms with Crippen molar-refractivity contribution < 1.29 is 14.4 Å². The highest BCUT2D eigenvalue weighted by Crippen LogP contribution is 2.10. The van der Waals surface area contributed by atoms with Gasteiger partial charge in [0.15, 0.2) is 0 Å². The average molecular weight is 245 g/mol. The van der Waals surface area contributed by atoms with Gasteiger partial charge in [-0.05, 0) is 5.56 Å². The Morgan fingerprint density at radius 3 is 2.56 bits per heavy atom. The monoisotopic (exact) mass is 245 g/mol. The summed E-state index contributed by atoms with van der Waals surface area (Å²) in [5.41, 5.74) is 0.853. The second-order valence-corrected chi connectivity index (χ2v) is 3.81. The number of rotatable bonds is 2. The third kappa shape index (κ3) is 2.42. The number of carbonyl (C=O) groups excluding carboxylic acids is 3. The minimum absolute atomic E-state index is 0.203. The molecule has 92 valence electrons. The summed E-state index contributed by atoms with van der Waals surface area (Å²) >= 11 is 0. The van der Waals surface area contributed by atoms with Crippen LogP contribution in [0, 0.1) is 0 Å². The Morgan fingerprint density at radius 1 is 1.28 bits per heavy atom. The summed E-state index contributed by atoms with van der Waals surface area (Å²) in [5.74, 6) is -2.18. The molecule has 0 fully saturated rings. The maximum absolute atomic E-state index is 11.6. The lowest BCUT2D eigenvalue weighted by Crippen LogP contribution is -2.35. The van der Waals surface area contributed by atoms with Crippen molar-refractivity contribution in [3.05, 3.63) is 35.9 Å². The molecule has 0 bridgehead atoms. The number of hydrazone groups is 1. The summed E-state index contributed by atoms with van der Waals surface area (Å²) in [6, 6.07) is 9.16. The predicted octanol–water partition coefficient (Wildman–Crippen LogP) is 0.0475. The Hall–Kier alpha value is -2.50. The van der Waals surface area contributed by atoms with Crippen LogP contribution in [0.25, 0.3) is 0 Å². The lowest BCUT2D eigenvalue weighted by atomic mass is 10.2. The van der Waals surface area contributed by atoms with Gasteiger partial charge in [-0.2, -0.15) is 0 Å². The predicted molar refractivity (Wildman–Crippen MR) is 63.3 cm³/mol. The maximum Gasteiger partial charge on any atom is 0.318 e. The highest BCUT2D eigenvalue weighted by molar-refractivity contribution is 6.66. The van der Waals surface area contributed by atoms with Gasteiger partial charge in [-0.3, -0.25) is 14.4 Å². The molecule has 1 aromatic carbocycles. The molecule has 0 aliphatic carbocycles. The minimum atomic E-state index is -0.791. The Balaban J connectivity index is 2.14. The van der Waals surface area contributed by atoms with E-state index >= 15 is 0 Å². The van der Waals surface area contributed by atoms with Crippen LogP contribution in [0.3, 0.4) is 0 Å². The van der Waals surface area contributed by atoms with Gasteiger partial charge >= 0.3 is 5.91 Å². The number of nitrogens with zero attached hydrogens (tertiary/aromatic N) is 2. The van der Waals surface area contributed by atoms with Gasteiger partial charge < -0.3 is 5.32 Å². The largest absolute Gasteiger partial charge is 0.318 e. The van der Waals surface area contributed by atoms with Gasteiger partial charge in [0.25, 0.3) is 5.78 Å². The van der Waals surface area contributed by atoms with Crippen LogP contribution in [-0.4, -0.2) is 28.4 Å². The second kappa shape index (κ2) is 4.79. The molecular weight excluding hydrogens is 234 g/mol. The van der Waals surface area contributed by atoms with Crippen molar-refractivity contribution in [3.63, 3.8) is 0 Å². The molecule has 1 N–H and O–H groups in total. The number of amides is 2. The molecular formula is C12H11N3O3. The molecule has 1 aliphatic heterocycles. The highest BCUT2D eigenvalue weighted by Gasteiger charge is 2.34. The van der Waals surface area contributed by atoms with Crippen LogP contribution in [-0.2, 0) is 20.9 Å². The van der Waals surface area contributed by atoms with Crippen molar-refractivity contribution in [3.8, 4) is 0 Å². The van der Waals surface area contributed by atoms with Crippen LogP contribution in [0.1, 0.15) is 12.5 Å². The van der Waals surface area contributed by atoms with E-state index in [9.17, 15) is 14.4 Å². The fraction of sp³-hybridized carbons (Fsp3) is 0.167. The molecule has 2 amide bonds. The van der Waals surface area contributed by atoms with Crippen LogP contribution < -0.4 is 5.32 Å². The van der Waals surface area contributed by atoms with E-state index in [-0.39, 0.29) is 12.4 Å². The highest BCUT2D eigenvalue weighted by atomic mass is 16.2. The normalized spacial score (nSPS) is 14.7. The number of Topliss-reactive ketones (excluding diaryl/α,β-unsaturated/α-hetero) is 1. The topological polar surface area (TPSA) is 78.8 Å². The minimum Gasteiger partial charge on any atom is -0.306 e. The SMILES string of the molecule is CC(=O)NC1=NN(Cc2ccccc2)C(=O)C1=O. The molecule has 0 aromatic heterocycles. The summed E-state index contributed by atoms with van der Waals surface area (Å²) in [7, 11) is 0. The fourth-order valence-corrected chi connectivity index (χ4v) is 1.54. The standard InChI is InChI=1S/C12H11N3O3/c1-8(16)13-11-10(17)12(18)15(14-11)7-9-5-3-2-4-6-9/h2-6H,7H2,1H3,(H,13,14,16). The van der Waals surface area contributed by atoms with Crippen LogP contribution in [0.15, 0.2) is 35.4 Å². The Bertz CT molecular complexity index is 537. The van der Waals surface area contributed by atoms with E-state index in [1.807, 2.05) is 30.3 Å². The molecule has 0 spiro atoms. The molecule has 0 unspecified atom stereocenters. The van der Waals surface area contributed by atoms with Gasteiger partial charge in [0, 0.05) is 6.92 Å². The maximum atomic E-state index is 11.6. The smallest absolute Gasteiger partial charge is 0.306 e. The number of ketones is 1. The van der Waals surface area contributed by atoms with Crippen LogP contribution >= 0.6 is 0 Å². The zero-order valence-corrected chi connectivity index (χ0v) is 9.71. The van der Waals surface area contributed by atoms with Crippen molar-refractivity contribution in [1.82, 2.24) is 10.3 Å². The Labute approximate surface area is 103 Å². The number of hydrogen-bond acceptors (Lipinski definition) is 4.